The first kappa shape index (κ1) is 19.7. The molecule has 8 nitrogen and oxygen atoms in total. The Hall–Kier alpha value is -2.61. The normalized spacial score (nSPS) is 17.8. The third kappa shape index (κ3) is 5.73. The summed E-state index contributed by atoms with van der Waals surface area (Å²) >= 11 is 0. The standard InChI is InChI=1S/C16H23N3O.C2H2O4/c20-16(14-6-8-17-9-7-14)19-12-10-18(11-13-19)15-4-2-1-3-5-15;3-1(4)2(5)6/h1-5,14,17H,6-13H2;(H,3,4)(H,5,6). The van der Waals surface area contributed by atoms with Gasteiger partial charge in [0.15, 0.2) is 0 Å². The van der Waals surface area contributed by atoms with Crippen molar-refractivity contribution >= 4 is 23.5 Å². The van der Waals surface area contributed by atoms with E-state index in [1.807, 2.05) is 6.07 Å². The Morgan fingerprint density at radius 3 is 1.92 bits per heavy atom. The second-order valence-electron chi connectivity index (χ2n) is 6.28. The van der Waals surface area contributed by atoms with E-state index in [2.05, 4.69) is 39.4 Å². The number of para-hydroxylation sites is 1. The molecule has 8 heteroatoms. The number of piperidine rings is 1. The van der Waals surface area contributed by atoms with Crippen molar-refractivity contribution in [2.45, 2.75) is 12.8 Å². The monoisotopic (exact) mass is 363 g/mol. The summed E-state index contributed by atoms with van der Waals surface area (Å²) < 4.78 is 0. The zero-order chi connectivity index (χ0) is 18.9. The average molecular weight is 363 g/mol. The van der Waals surface area contributed by atoms with E-state index in [4.69, 9.17) is 19.8 Å². The molecule has 0 unspecified atom stereocenters. The maximum atomic E-state index is 12.5. The van der Waals surface area contributed by atoms with Gasteiger partial charge in [-0.2, -0.15) is 0 Å². The molecule has 1 aromatic rings. The van der Waals surface area contributed by atoms with Crippen molar-refractivity contribution in [2.24, 2.45) is 5.92 Å². The lowest BCUT2D eigenvalue weighted by Gasteiger charge is -2.38. The first-order valence-electron chi connectivity index (χ1n) is 8.74. The van der Waals surface area contributed by atoms with Gasteiger partial charge in [-0.25, -0.2) is 9.59 Å². The third-order valence-corrected chi connectivity index (χ3v) is 4.58. The molecule has 142 valence electrons. The number of carboxylic acid groups (broad SMARTS) is 2. The minimum absolute atomic E-state index is 0.250. The Morgan fingerprint density at radius 1 is 0.885 bits per heavy atom. The quantitative estimate of drug-likeness (QED) is 0.656. The Balaban J connectivity index is 0.000000352. The number of anilines is 1. The van der Waals surface area contributed by atoms with Crippen LogP contribution in [0.2, 0.25) is 0 Å². The van der Waals surface area contributed by atoms with E-state index in [-0.39, 0.29) is 5.92 Å². The molecule has 2 aliphatic rings. The molecule has 0 spiro atoms. The smallest absolute Gasteiger partial charge is 0.414 e. The molecule has 2 saturated heterocycles. The van der Waals surface area contributed by atoms with Gasteiger partial charge in [-0.15, -0.1) is 0 Å². The predicted molar refractivity (Wildman–Crippen MR) is 96.1 cm³/mol. The van der Waals surface area contributed by atoms with Gasteiger partial charge < -0.3 is 25.3 Å². The van der Waals surface area contributed by atoms with Crippen molar-refractivity contribution in [1.29, 1.82) is 0 Å². The number of amides is 1. The van der Waals surface area contributed by atoms with Gasteiger partial charge >= 0.3 is 11.9 Å². The van der Waals surface area contributed by atoms with Crippen molar-refractivity contribution in [3.8, 4) is 0 Å². The van der Waals surface area contributed by atoms with Crippen LogP contribution in [0.15, 0.2) is 30.3 Å². The topological polar surface area (TPSA) is 110 Å². The second kappa shape index (κ2) is 9.76. The van der Waals surface area contributed by atoms with Gasteiger partial charge in [0.25, 0.3) is 0 Å². The molecule has 2 heterocycles. The fourth-order valence-electron chi connectivity index (χ4n) is 3.15. The highest BCUT2D eigenvalue weighted by molar-refractivity contribution is 6.27. The van der Waals surface area contributed by atoms with E-state index in [0.29, 0.717) is 5.91 Å². The minimum Gasteiger partial charge on any atom is -0.473 e. The van der Waals surface area contributed by atoms with Gasteiger partial charge in [0.05, 0.1) is 0 Å². The summed E-state index contributed by atoms with van der Waals surface area (Å²) in [4.78, 5) is 35.1. The largest absolute Gasteiger partial charge is 0.473 e. The number of hydrogen-bond donors (Lipinski definition) is 3. The van der Waals surface area contributed by atoms with Crippen molar-refractivity contribution in [3.05, 3.63) is 30.3 Å². The Labute approximate surface area is 152 Å². The van der Waals surface area contributed by atoms with Crippen molar-refractivity contribution in [2.75, 3.05) is 44.2 Å². The highest BCUT2D eigenvalue weighted by Crippen LogP contribution is 2.19. The Morgan fingerprint density at radius 2 is 1.42 bits per heavy atom. The molecule has 3 rings (SSSR count). The lowest BCUT2D eigenvalue weighted by Crippen LogP contribution is -2.51. The molecular formula is C18H25N3O5. The van der Waals surface area contributed by atoms with Crippen LogP contribution in [0.5, 0.6) is 0 Å². The Bertz CT molecular complexity index is 597. The van der Waals surface area contributed by atoms with Crippen molar-refractivity contribution < 1.29 is 24.6 Å². The number of aliphatic carboxylic acids is 2. The van der Waals surface area contributed by atoms with Gasteiger partial charge in [0.2, 0.25) is 5.91 Å². The number of benzene rings is 1. The van der Waals surface area contributed by atoms with E-state index >= 15 is 0 Å². The lowest BCUT2D eigenvalue weighted by molar-refractivity contribution is -0.159. The molecule has 3 N–H and O–H groups in total. The van der Waals surface area contributed by atoms with Crippen LogP contribution >= 0.6 is 0 Å². The van der Waals surface area contributed by atoms with Crippen molar-refractivity contribution in [3.63, 3.8) is 0 Å². The van der Waals surface area contributed by atoms with E-state index in [1.165, 1.54) is 5.69 Å². The van der Waals surface area contributed by atoms with Crippen LogP contribution in [0.4, 0.5) is 5.69 Å². The number of carboxylic acids is 2. The first-order chi connectivity index (χ1) is 12.5. The van der Waals surface area contributed by atoms with Crippen LogP contribution in [-0.2, 0) is 14.4 Å². The first-order valence-corrected chi connectivity index (χ1v) is 8.74. The van der Waals surface area contributed by atoms with Crippen LogP contribution in [0.25, 0.3) is 0 Å². The fraction of sp³-hybridized carbons (Fsp3) is 0.500. The molecule has 0 bridgehead atoms. The number of nitrogens with zero attached hydrogens (tertiary/aromatic N) is 2. The molecule has 0 aromatic heterocycles. The molecule has 2 fully saturated rings. The summed E-state index contributed by atoms with van der Waals surface area (Å²) in [6, 6.07) is 10.5. The minimum atomic E-state index is -1.82. The number of carbonyl (C=O) groups excluding carboxylic acids is 1. The van der Waals surface area contributed by atoms with Gasteiger partial charge in [-0.05, 0) is 38.1 Å². The number of carbonyl (C=O) groups is 3. The zero-order valence-electron chi connectivity index (χ0n) is 14.6. The summed E-state index contributed by atoms with van der Waals surface area (Å²) in [5.41, 5.74) is 1.27. The molecule has 2 aliphatic heterocycles. The van der Waals surface area contributed by atoms with E-state index in [1.54, 1.807) is 0 Å². The van der Waals surface area contributed by atoms with E-state index in [9.17, 15) is 4.79 Å². The van der Waals surface area contributed by atoms with Crippen LogP contribution in [0.1, 0.15) is 12.8 Å². The molecule has 0 atom stereocenters. The van der Waals surface area contributed by atoms with Gasteiger partial charge in [-0.1, -0.05) is 18.2 Å². The highest BCUT2D eigenvalue weighted by atomic mass is 16.4. The summed E-state index contributed by atoms with van der Waals surface area (Å²) in [5.74, 6) is -3.02. The zero-order valence-corrected chi connectivity index (χ0v) is 14.6. The molecule has 1 amide bonds. The SMILES string of the molecule is O=C(C1CCNCC1)N1CCN(c2ccccc2)CC1.O=C(O)C(=O)O. The molecule has 0 saturated carbocycles. The molecule has 0 aliphatic carbocycles. The van der Waals surface area contributed by atoms with Gasteiger partial charge in [0, 0.05) is 37.8 Å². The average Bonchev–Trinajstić information content (AvgIpc) is 2.69. The third-order valence-electron chi connectivity index (χ3n) is 4.58. The van der Waals surface area contributed by atoms with Crippen LogP contribution < -0.4 is 10.2 Å². The summed E-state index contributed by atoms with van der Waals surface area (Å²) in [5, 5.41) is 18.1. The lowest BCUT2D eigenvalue weighted by atomic mass is 9.96. The summed E-state index contributed by atoms with van der Waals surface area (Å²) in [7, 11) is 0. The number of rotatable bonds is 2. The predicted octanol–water partition coefficient (Wildman–Crippen LogP) is 0.490. The Kier molecular flexibility index (Phi) is 7.40. The second-order valence-corrected chi connectivity index (χ2v) is 6.28. The van der Waals surface area contributed by atoms with E-state index < -0.39 is 11.9 Å². The van der Waals surface area contributed by atoms with Crippen LogP contribution in [0, 0.1) is 5.92 Å². The molecule has 1 aromatic carbocycles. The summed E-state index contributed by atoms with van der Waals surface area (Å²) in [6.45, 7) is 5.58. The maximum Gasteiger partial charge on any atom is 0.414 e. The maximum absolute atomic E-state index is 12.5. The highest BCUT2D eigenvalue weighted by Gasteiger charge is 2.28. The van der Waals surface area contributed by atoms with Crippen LogP contribution in [-0.4, -0.2) is 72.2 Å². The molecule has 0 radical (unpaired) electrons. The van der Waals surface area contributed by atoms with Crippen LogP contribution in [0.3, 0.4) is 0 Å². The molecular weight excluding hydrogens is 338 g/mol. The van der Waals surface area contributed by atoms with Gasteiger partial charge in [0.1, 0.15) is 0 Å². The van der Waals surface area contributed by atoms with E-state index in [0.717, 1.165) is 52.1 Å². The number of hydrogen-bond acceptors (Lipinski definition) is 5. The van der Waals surface area contributed by atoms with Crippen molar-refractivity contribution in [1.82, 2.24) is 10.2 Å². The fourth-order valence-corrected chi connectivity index (χ4v) is 3.15. The van der Waals surface area contributed by atoms with Gasteiger partial charge in [-0.3, -0.25) is 4.79 Å². The number of piperazine rings is 1. The molecule has 26 heavy (non-hydrogen) atoms. The number of nitrogens with one attached hydrogen (secondary N) is 1. The summed E-state index contributed by atoms with van der Waals surface area (Å²) in [6.07, 6.45) is 2.00.